The maximum Gasteiger partial charge on any atom is 0.306 e. The second-order valence-corrected chi connectivity index (χ2v) is 8.37. The lowest BCUT2D eigenvalue weighted by Crippen LogP contribution is -2.42. The van der Waals surface area contributed by atoms with E-state index in [1.807, 2.05) is 29.6 Å². The van der Waals surface area contributed by atoms with E-state index >= 15 is 0 Å². The van der Waals surface area contributed by atoms with E-state index in [9.17, 15) is 19.2 Å². The number of thiophene rings is 1. The number of para-hydroxylation sites is 1. The molecule has 0 aliphatic carbocycles. The monoisotopic (exact) mass is 470 g/mol. The Morgan fingerprint density at radius 1 is 1.18 bits per heavy atom. The summed E-state index contributed by atoms with van der Waals surface area (Å²) in [6, 6.07) is 10.9. The molecule has 0 saturated carbocycles. The van der Waals surface area contributed by atoms with Gasteiger partial charge < -0.3 is 19.5 Å². The highest BCUT2D eigenvalue weighted by Crippen LogP contribution is 2.11. The molecule has 0 unspecified atom stereocenters. The quantitative estimate of drug-likeness (QED) is 0.451. The van der Waals surface area contributed by atoms with E-state index in [4.69, 9.17) is 4.74 Å². The van der Waals surface area contributed by atoms with E-state index in [-0.39, 0.29) is 30.9 Å². The minimum atomic E-state index is -0.580. The van der Waals surface area contributed by atoms with Crippen molar-refractivity contribution in [2.75, 3.05) is 19.7 Å². The fourth-order valence-electron chi connectivity index (χ4n) is 3.29. The minimum absolute atomic E-state index is 0.0284. The summed E-state index contributed by atoms with van der Waals surface area (Å²) < 4.78 is 6.86. The first kappa shape index (κ1) is 24.1. The van der Waals surface area contributed by atoms with Crippen molar-refractivity contribution in [3.05, 3.63) is 62.8 Å². The van der Waals surface area contributed by atoms with Gasteiger partial charge in [0, 0.05) is 24.9 Å². The molecule has 1 N–H and O–H groups in total. The van der Waals surface area contributed by atoms with Crippen LogP contribution in [0.15, 0.2) is 46.6 Å². The molecule has 0 radical (unpaired) electrons. The van der Waals surface area contributed by atoms with Crippen LogP contribution in [0.25, 0.3) is 10.9 Å². The van der Waals surface area contributed by atoms with Gasteiger partial charge in [-0.2, -0.15) is 4.98 Å². The number of esters is 1. The lowest BCUT2D eigenvalue weighted by atomic mass is 10.2. The van der Waals surface area contributed by atoms with E-state index in [0.717, 1.165) is 10.4 Å². The third kappa shape index (κ3) is 6.48. The molecule has 0 saturated heterocycles. The van der Waals surface area contributed by atoms with Crippen LogP contribution in [0, 0.1) is 0 Å². The number of ether oxygens (including phenoxy) is 1. The number of fused-ring (bicyclic) bond motifs is 1. The third-order valence-electron chi connectivity index (χ3n) is 5.13. The molecule has 3 aromatic rings. The highest BCUT2D eigenvalue weighted by atomic mass is 32.1. The van der Waals surface area contributed by atoms with E-state index < -0.39 is 18.5 Å². The molecule has 9 nitrogen and oxygen atoms in total. The number of hydrogen-bond acceptors (Lipinski definition) is 7. The number of carbonyl (C=O) groups excluding carboxylic acids is 3. The van der Waals surface area contributed by atoms with Crippen LogP contribution in [0.3, 0.4) is 0 Å². The first-order valence-corrected chi connectivity index (χ1v) is 11.4. The number of aromatic nitrogens is 2. The van der Waals surface area contributed by atoms with Crippen LogP contribution in [0.4, 0.5) is 0 Å². The molecule has 2 amide bonds. The number of hydrogen-bond donors (Lipinski definition) is 1. The molecule has 1 aromatic carbocycles. The van der Waals surface area contributed by atoms with Crippen LogP contribution in [-0.2, 0) is 39.1 Å². The van der Waals surface area contributed by atoms with Crippen LogP contribution in [-0.4, -0.2) is 51.9 Å². The van der Waals surface area contributed by atoms with Crippen molar-refractivity contribution < 1.29 is 19.1 Å². The summed E-state index contributed by atoms with van der Waals surface area (Å²) >= 11 is 1.54. The Morgan fingerprint density at radius 2 is 1.97 bits per heavy atom. The molecule has 0 atom stereocenters. The number of nitrogens with zero attached hydrogens (tertiary/aromatic N) is 3. The number of carbonyl (C=O) groups is 3. The first-order valence-electron chi connectivity index (χ1n) is 10.6. The average Bonchev–Trinajstić information content (AvgIpc) is 3.35. The van der Waals surface area contributed by atoms with Gasteiger partial charge in [-0.15, -0.1) is 11.3 Å². The molecular weight excluding hydrogens is 444 g/mol. The number of amides is 2. The van der Waals surface area contributed by atoms with E-state index in [1.165, 1.54) is 16.2 Å². The Kier molecular flexibility index (Phi) is 8.31. The lowest BCUT2D eigenvalue weighted by Gasteiger charge is -2.20. The fraction of sp³-hybridized carbons (Fsp3) is 0.348. The summed E-state index contributed by atoms with van der Waals surface area (Å²) in [5, 5.41) is 5.20. The van der Waals surface area contributed by atoms with Crippen LogP contribution < -0.4 is 10.9 Å². The standard InChI is InChI=1S/C23H26N4O5S/c1-3-27(14-20(28)24-13-16-7-6-12-33-16)21(29)15-32-22(30)11-10-19-25-23(31)17-8-4-5-9-18(17)26(19)2/h4-9,12H,3,10-11,13-15H2,1-2H3,(H,24,28). The molecule has 2 heterocycles. The zero-order chi connectivity index (χ0) is 23.8. The average molecular weight is 471 g/mol. The Bertz CT molecular complexity index is 1190. The van der Waals surface area contributed by atoms with Crippen molar-refractivity contribution in [2.24, 2.45) is 7.05 Å². The Balaban J connectivity index is 1.47. The van der Waals surface area contributed by atoms with Crippen molar-refractivity contribution in [1.29, 1.82) is 0 Å². The molecule has 0 aliphatic heterocycles. The number of aryl methyl sites for hydroxylation is 2. The van der Waals surface area contributed by atoms with Gasteiger partial charge >= 0.3 is 5.97 Å². The van der Waals surface area contributed by atoms with Gasteiger partial charge in [-0.25, -0.2) is 0 Å². The summed E-state index contributed by atoms with van der Waals surface area (Å²) in [4.78, 5) is 55.3. The van der Waals surface area contributed by atoms with Gasteiger partial charge in [0.25, 0.3) is 11.5 Å². The molecule has 0 fully saturated rings. The van der Waals surface area contributed by atoms with Gasteiger partial charge in [0.15, 0.2) is 6.61 Å². The number of rotatable bonds is 10. The molecule has 10 heteroatoms. The summed E-state index contributed by atoms with van der Waals surface area (Å²) in [6.07, 6.45) is 0.172. The van der Waals surface area contributed by atoms with Gasteiger partial charge in [0.05, 0.1) is 30.4 Å². The summed E-state index contributed by atoms with van der Waals surface area (Å²) in [6.45, 7) is 1.91. The van der Waals surface area contributed by atoms with Crippen molar-refractivity contribution in [1.82, 2.24) is 19.8 Å². The maximum absolute atomic E-state index is 12.4. The Morgan fingerprint density at radius 3 is 2.70 bits per heavy atom. The molecule has 174 valence electrons. The molecule has 0 aliphatic rings. The topological polar surface area (TPSA) is 111 Å². The predicted octanol–water partition coefficient (Wildman–Crippen LogP) is 1.64. The number of benzene rings is 1. The van der Waals surface area contributed by atoms with Crippen molar-refractivity contribution in [3.8, 4) is 0 Å². The van der Waals surface area contributed by atoms with E-state index in [1.54, 1.807) is 30.7 Å². The second-order valence-electron chi connectivity index (χ2n) is 7.33. The zero-order valence-corrected chi connectivity index (χ0v) is 19.4. The molecule has 0 bridgehead atoms. The number of likely N-dealkylation sites (N-methyl/N-ethyl adjacent to an activating group) is 1. The van der Waals surface area contributed by atoms with Crippen LogP contribution in [0.5, 0.6) is 0 Å². The van der Waals surface area contributed by atoms with Crippen molar-refractivity contribution in [3.63, 3.8) is 0 Å². The molecule has 2 aromatic heterocycles. The first-order chi connectivity index (χ1) is 15.9. The molecular formula is C23H26N4O5S. The summed E-state index contributed by atoms with van der Waals surface area (Å²) in [5.41, 5.74) is 0.380. The van der Waals surface area contributed by atoms with Crippen molar-refractivity contribution >= 4 is 40.0 Å². The van der Waals surface area contributed by atoms with Gasteiger partial charge in [-0.3, -0.25) is 19.2 Å². The van der Waals surface area contributed by atoms with Gasteiger partial charge in [-0.1, -0.05) is 18.2 Å². The van der Waals surface area contributed by atoms with Gasteiger partial charge in [-0.05, 0) is 30.5 Å². The van der Waals surface area contributed by atoms with E-state index in [2.05, 4.69) is 10.3 Å². The maximum atomic E-state index is 12.4. The lowest BCUT2D eigenvalue weighted by molar-refractivity contribution is -0.152. The van der Waals surface area contributed by atoms with Gasteiger partial charge in [0.2, 0.25) is 5.91 Å². The van der Waals surface area contributed by atoms with E-state index in [0.29, 0.717) is 24.3 Å². The molecule has 0 spiro atoms. The highest BCUT2D eigenvalue weighted by Gasteiger charge is 2.18. The summed E-state index contributed by atoms with van der Waals surface area (Å²) in [7, 11) is 1.78. The summed E-state index contributed by atoms with van der Waals surface area (Å²) in [5.74, 6) is -0.856. The van der Waals surface area contributed by atoms with Crippen LogP contribution >= 0.6 is 11.3 Å². The Hall–Kier alpha value is -3.53. The fourth-order valence-corrected chi connectivity index (χ4v) is 3.93. The predicted molar refractivity (Wildman–Crippen MR) is 125 cm³/mol. The molecule has 3 rings (SSSR count). The second kappa shape index (κ2) is 11.4. The van der Waals surface area contributed by atoms with Crippen molar-refractivity contribution in [2.45, 2.75) is 26.3 Å². The largest absolute Gasteiger partial charge is 0.456 e. The smallest absolute Gasteiger partial charge is 0.306 e. The van der Waals surface area contributed by atoms with Crippen LogP contribution in [0.2, 0.25) is 0 Å². The van der Waals surface area contributed by atoms with Gasteiger partial charge in [0.1, 0.15) is 5.82 Å². The van der Waals surface area contributed by atoms with Crippen LogP contribution in [0.1, 0.15) is 24.0 Å². The zero-order valence-electron chi connectivity index (χ0n) is 18.6. The minimum Gasteiger partial charge on any atom is -0.456 e. The normalized spacial score (nSPS) is 10.7. The Labute approximate surface area is 195 Å². The molecule has 33 heavy (non-hydrogen) atoms. The number of nitrogens with one attached hydrogen (secondary N) is 1. The third-order valence-corrected chi connectivity index (χ3v) is 6.01. The highest BCUT2D eigenvalue weighted by molar-refractivity contribution is 7.09. The SMILES string of the molecule is CCN(CC(=O)NCc1cccs1)C(=O)COC(=O)CCc1nc(=O)c2ccccc2n1C.